The molecule has 1 unspecified atom stereocenters. The number of benzene rings is 1. The summed E-state index contributed by atoms with van der Waals surface area (Å²) in [5.74, 6) is 0.0796. The van der Waals surface area contributed by atoms with Gasteiger partial charge in [-0.3, -0.25) is 19.3 Å². The van der Waals surface area contributed by atoms with Crippen LogP contribution in [0.1, 0.15) is 42.3 Å². The summed E-state index contributed by atoms with van der Waals surface area (Å²) >= 11 is 0. The minimum absolute atomic E-state index is 0.0515. The molecule has 1 aromatic carbocycles. The monoisotopic (exact) mass is 382 g/mol. The lowest BCUT2D eigenvalue weighted by Gasteiger charge is -2.34. The number of ether oxygens (including phenoxy) is 1. The van der Waals surface area contributed by atoms with Crippen LogP contribution >= 0.6 is 0 Å². The van der Waals surface area contributed by atoms with E-state index in [9.17, 15) is 14.4 Å². The van der Waals surface area contributed by atoms with Crippen LogP contribution in [-0.2, 0) is 9.59 Å². The molecule has 2 aromatic rings. The highest BCUT2D eigenvalue weighted by Gasteiger charge is 2.36. The van der Waals surface area contributed by atoms with Crippen LogP contribution in [0.2, 0.25) is 0 Å². The van der Waals surface area contributed by atoms with Crippen LogP contribution in [0.15, 0.2) is 41.0 Å². The lowest BCUT2D eigenvalue weighted by Crippen LogP contribution is -2.50. The molecule has 0 radical (unpaired) electrons. The first kappa shape index (κ1) is 18.3. The topological polar surface area (TPSA) is 80.1 Å². The van der Waals surface area contributed by atoms with Crippen molar-refractivity contribution in [2.45, 2.75) is 32.3 Å². The fourth-order valence-electron chi connectivity index (χ4n) is 3.64. The first-order chi connectivity index (χ1) is 13.6. The minimum Gasteiger partial charge on any atom is -0.478 e. The van der Waals surface area contributed by atoms with Crippen molar-refractivity contribution in [1.82, 2.24) is 4.90 Å². The number of hydrogen-bond donors (Lipinski definition) is 0. The molecule has 1 aromatic heterocycles. The molecule has 2 amide bonds. The van der Waals surface area contributed by atoms with E-state index in [4.69, 9.17) is 9.15 Å². The van der Waals surface area contributed by atoms with E-state index in [1.54, 1.807) is 35.2 Å². The second-order valence-electron chi connectivity index (χ2n) is 7.02. The molecule has 1 saturated heterocycles. The largest absolute Gasteiger partial charge is 0.478 e. The number of likely N-dealkylation sites (tertiary alicyclic amines) is 1. The van der Waals surface area contributed by atoms with E-state index in [0.717, 1.165) is 25.9 Å². The average Bonchev–Trinajstić information content (AvgIpc) is 3.43. The first-order valence-corrected chi connectivity index (χ1v) is 9.56. The zero-order valence-corrected chi connectivity index (χ0v) is 15.7. The normalized spacial score (nSPS) is 18.8. The zero-order chi connectivity index (χ0) is 19.7. The number of anilines is 1. The van der Waals surface area contributed by atoms with Gasteiger partial charge >= 0.3 is 0 Å². The maximum Gasteiger partial charge on any atom is 0.268 e. The van der Waals surface area contributed by atoms with Gasteiger partial charge in [-0.2, -0.15) is 0 Å². The molecule has 0 aliphatic carbocycles. The zero-order valence-electron chi connectivity index (χ0n) is 15.7. The summed E-state index contributed by atoms with van der Waals surface area (Å²) < 4.78 is 11.0. The number of ketones is 1. The number of carbonyl (C=O) groups excluding carboxylic acids is 3. The number of carbonyl (C=O) groups is 3. The van der Waals surface area contributed by atoms with Crippen LogP contribution in [0.25, 0.3) is 0 Å². The van der Waals surface area contributed by atoms with Gasteiger partial charge in [0.25, 0.3) is 5.91 Å². The molecule has 28 heavy (non-hydrogen) atoms. The van der Waals surface area contributed by atoms with Crippen LogP contribution in [0, 0.1) is 0 Å². The molecule has 7 heteroatoms. The summed E-state index contributed by atoms with van der Waals surface area (Å²) in [6, 6.07) is 8.15. The Balaban J connectivity index is 1.67. The molecule has 1 fully saturated rings. The molecule has 0 spiro atoms. The van der Waals surface area contributed by atoms with E-state index in [-0.39, 0.29) is 29.9 Å². The molecule has 0 saturated carbocycles. The first-order valence-electron chi connectivity index (χ1n) is 9.56. The summed E-state index contributed by atoms with van der Waals surface area (Å²) in [4.78, 5) is 41.4. The van der Waals surface area contributed by atoms with E-state index in [1.165, 1.54) is 11.2 Å². The number of amides is 2. The van der Waals surface area contributed by atoms with Crippen LogP contribution in [0.3, 0.4) is 0 Å². The molecule has 2 aliphatic rings. The Morgan fingerprint density at radius 3 is 2.64 bits per heavy atom. The van der Waals surface area contributed by atoms with Crippen LogP contribution < -0.4 is 9.64 Å². The average molecular weight is 382 g/mol. The van der Waals surface area contributed by atoms with Crippen molar-refractivity contribution in [3.63, 3.8) is 0 Å². The molecule has 2 aliphatic heterocycles. The quantitative estimate of drug-likeness (QED) is 0.743. The smallest absolute Gasteiger partial charge is 0.268 e. The molecule has 146 valence electrons. The van der Waals surface area contributed by atoms with Gasteiger partial charge in [0.2, 0.25) is 11.7 Å². The second kappa shape index (κ2) is 7.50. The van der Waals surface area contributed by atoms with Gasteiger partial charge in [0.1, 0.15) is 12.3 Å². The molecule has 3 heterocycles. The Morgan fingerprint density at radius 2 is 1.96 bits per heavy atom. The Bertz CT molecular complexity index is 900. The Labute approximate surface area is 162 Å². The number of nitrogens with zero attached hydrogens (tertiary/aromatic N) is 2. The number of fused-ring (bicyclic) bond motifs is 1. The molecule has 0 bridgehead atoms. The van der Waals surface area contributed by atoms with Gasteiger partial charge in [-0.05, 0) is 49.6 Å². The number of rotatable bonds is 5. The van der Waals surface area contributed by atoms with E-state index >= 15 is 0 Å². The van der Waals surface area contributed by atoms with Crippen LogP contribution in [0.4, 0.5) is 5.69 Å². The Morgan fingerprint density at radius 1 is 1.18 bits per heavy atom. The van der Waals surface area contributed by atoms with Crippen LogP contribution in [0.5, 0.6) is 5.75 Å². The second-order valence-corrected chi connectivity index (χ2v) is 7.02. The summed E-state index contributed by atoms with van der Waals surface area (Å²) in [5.41, 5.74) is 0.818. The highest BCUT2D eigenvalue weighted by Crippen LogP contribution is 2.36. The summed E-state index contributed by atoms with van der Waals surface area (Å²) in [7, 11) is 0. The van der Waals surface area contributed by atoms with Gasteiger partial charge in [0.15, 0.2) is 11.9 Å². The standard InChI is InChI=1S/C21H22N2O5/c1-2-16-21(26)23(13-19(24)22-9-3-4-10-22)15-12-14(7-8-17(15)28-16)20(25)18-6-5-11-27-18/h5-8,11-12,16H,2-4,9-10,13H2,1H3. The maximum atomic E-state index is 12.9. The lowest BCUT2D eigenvalue weighted by molar-refractivity contribution is -0.132. The van der Waals surface area contributed by atoms with Crippen molar-refractivity contribution in [3.05, 3.63) is 47.9 Å². The maximum absolute atomic E-state index is 12.9. The third-order valence-electron chi connectivity index (χ3n) is 5.19. The molecular formula is C21H22N2O5. The van der Waals surface area contributed by atoms with Crippen molar-refractivity contribution in [2.24, 2.45) is 0 Å². The predicted molar refractivity (Wildman–Crippen MR) is 101 cm³/mol. The molecule has 7 nitrogen and oxygen atoms in total. The lowest BCUT2D eigenvalue weighted by atomic mass is 10.0. The van der Waals surface area contributed by atoms with Crippen LogP contribution in [-0.4, -0.2) is 48.2 Å². The highest BCUT2D eigenvalue weighted by atomic mass is 16.5. The minimum atomic E-state index is -0.634. The summed E-state index contributed by atoms with van der Waals surface area (Å²) in [5, 5.41) is 0. The van der Waals surface area contributed by atoms with Gasteiger partial charge < -0.3 is 14.1 Å². The van der Waals surface area contributed by atoms with Gasteiger partial charge in [-0.1, -0.05) is 6.92 Å². The van der Waals surface area contributed by atoms with Gasteiger partial charge in [-0.15, -0.1) is 0 Å². The van der Waals surface area contributed by atoms with Crippen molar-refractivity contribution >= 4 is 23.3 Å². The third-order valence-corrected chi connectivity index (χ3v) is 5.19. The summed E-state index contributed by atoms with van der Waals surface area (Å²) in [6.45, 7) is 3.25. The molecule has 0 N–H and O–H groups in total. The van der Waals surface area contributed by atoms with E-state index < -0.39 is 6.10 Å². The third kappa shape index (κ3) is 3.28. The van der Waals surface area contributed by atoms with Gasteiger partial charge in [-0.25, -0.2) is 0 Å². The number of furan rings is 1. The van der Waals surface area contributed by atoms with Gasteiger partial charge in [0, 0.05) is 18.7 Å². The van der Waals surface area contributed by atoms with Gasteiger partial charge in [0.05, 0.1) is 12.0 Å². The molecule has 1 atom stereocenters. The van der Waals surface area contributed by atoms with Crippen molar-refractivity contribution < 1.29 is 23.5 Å². The van der Waals surface area contributed by atoms with Crippen molar-refractivity contribution in [1.29, 1.82) is 0 Å². The van der Waals surface area contributed by atoms with Crippen molar-refractivity contribution in [2.75, 3.05) is 24.5 Å². The SMILES string of the molecule is CCC1Oc2ccc(C(=O)c3ccco3)cc2N(CC(=O)N2CCCC2)C1=O. The Hall–Kier alpha value is -3.09. The fraction of sp³-hybridized carbons (Fsp3) is 0.381. The molecule has 4 rings (SSSR count). The van der Waals surface area contributed by atoms with Crippen molar-refractivity contribution in [3.8, 4) is 5.75 Å². The van der Waals surface area contributed by atoms with E-state index in [2.05, 4.69) is 0 Å². The Kier molecular flexibility index (Phi) is 4.90. The van der Waals surface area contributed by atoms with E-state index in [1.807, 2.05) is 6.92 Å². The summed E-state index contributed by atoms with van der Waals surface area (Å²) in [6.07, 6.45) is 3.27. The fourth-order valence-corrected chi connectivity index (χ4v) is 3.64. The predicted octanol–water partition coefficient (Wildman–Crippen LogP) is 2.64. The number of hydrogen-bond acceptors (Lipinski definition) is 5. The molecular weight excluding hydrogens is 360 g/mol. The van der Waals surface area contributed by atoms with E-state index in [0.29, 0.717) is 23.4 Å². The highest BCUT2D eigenvalue weighted by molar-refractivity contribution is 6.10.